The van der Waals surface area contributed by atoms with Crippen LogP contribution >= 0.6 is 0 Å². The third kappa shape index (κ3) is 4.36. The molecule has 27 heavy (non-hydrogen) atoms. The molecule has 1 aliphatic rings. The SMILES string of the molecule is CC(C)[C@H]1COC(=O)N1c1ccnc(NCc2ccc(S(C)(=O)=O)cc2)n1. The normalized spacial score (nSPS) is 17.3. The second-order valence-electron chi connectivity index (χ2n) is 6.77. The van der Waals surface area contributed by atoms with E-state index in [1.807, 2.05) is 13.8 Å². The van der Waals surface area contributed by atoms with Gasteiger partial charge in [-0.2, -0.15) is 4.98 Å². The number of rotatable bonds is 6. The molecular weight excluding hydrogens is 368 g/mol. The lowest BCUT2D eigenvalue weighted by Crippen LogP contribution is -2.37. The summed E-state index contributed by atoms with van der Waals surface area (Å²) in [6.45, 7) is 4.82. The van der Waals surface area contributed by atoms with Crippen LogP contribution in [0.2, 0.25) is 0 Å². The third-order valence-corrected chi connectivity index (χ3v) is 5.49. The van der Waals surface area contributed by atoms with Gasteiger partial charge in [-0.3, -0.25) is 4.90 Å². The molecule has 1 aromatic heterocycles. The summed E-state index contributed by atoms with van der Waals surface area (Å²) in [6, 6.07) is 8.21. The lowest BCUT2D eigenvalue weighted by molar-refractivity contribution is 0.177. The summed E-state index contributed by atoms with van der Waals surface area (Å²) in [5, 5.41) is 3.09. The minimum Gasteiger partial charge on any atom is -0.447 e. The van der Waals surface area contributed by atoms with Gasteiger partial charge >= 0.3 is 6.09 Å². The fourth-order valence-corrected chi connectivity index (χ4v) is 3.42. The minimum atomic E-state index is -3.21. The Labute approximate surface area is 158 Å². The molecule has 9 heteroatoms. The lowest BCUT2D eigenvalue weighted by atomic mass is 10.0. The van der Waals surface area contributed by atoms with E-state index in [-0.39, 0.29) is 16.9 Å². The molecule has 144 valence electrons. The highest BCUT2D eigenvalue weighted by molar-refractivity contribution is 7.90. The summed E-state index contributed by atoms with van der Waals surface area (Å²) in [6.07, 6.45) is 2.35. The summed E-state index contributed by atoms with van der Waals surface area (Å²) in [5.74, 6) is 1.10. The van der Waals surface area contributed by atoms with E-state index in [4.69, 9.17) is 4.74 Å². The van der Waals surface area contributed by atoms with Crippen LogP contribution in [0.4, 0.5) is 16.6 Å². The number of carbonyl (C=O) groups excluding carboxylic acids is 1. The van der Waals surface area contributed by atoms with Gasteiger partial charge in [0.15, 0.2) is 9.84 Å². The number of nitrogens with one attached hydrogen (secondary N) is 1. The van der Waals surface area contributed by atoms with Gasteiger partial charge in [0.1, 0.15) is 12.4 Å². The zero-order valence-electron chi connectivity index (χ0n) is 15.4. The number of sulfone groups is 1. The van der Waals surface area contributed by atoms with E-state index in [1.165, 1.54) is 6.26 Å². The van der Waals surface area contributed by atoms with Gasteiger partial charge in [0.2, 0.25) is 5.95 Å². The monoisotopic (exact) mass is 390 g/mol. The lowest BCUT2D eigenvalue weighted by Gasteiger charge is -2.23. The molecule has 3 rings (SSSR count). The first-order valence-electron chi connectivity index (χ1n) is 8.57. The number of carbonyl (C=O) groups is 1. The van der Waals surface area contributed by atoms with E-state index in [0.29, 0.717) is 24.9 Å². The van der Waals surface area contributed by atoms with E-state index in [2.05, 4.69) is 15.3 Å². The van der Waals surface area contributed by atoms with Crippen LogP contribution in [-0.4, -0.2) is 43.4 Å². The number of cyclic esters (lactones) is 1. The van der Waals surface area contributed by atoms with Crippen LogP contribution in [0.5, 0.6) is 0 Å². The molecule has 2 aromatic rings. The Morgan fingerprint density at radius 1 is 1.26 bits per heavy atom. The molecule has 1 aromatic carbocycles. The van der Waals surface area contributed by atoms with Crippen molar-refractivity contribution in [2.24, 2.45) is 5.92 Å². The van der Waals surface area contributed by atoms with E-state index in [0.717, 1.165) is 5.56 Å². The van der Waals surface area contributed by atoms with Crippen LogP contribution < -0.4 is 10.2 Å². The van der Waals surface area contributed by atoms with E-state index < -0.39 is 15.9 Å². The maximum atomic E-state index is 12.1. The van der Waals surface area contributed by atoms with Crippen molar-refractivity contribution in [3.05, 3.63) is 42.1 Å². The number of hydrogen-bond acceptors (Lipinski definition) is 7. The van der Waals surface area contributed by atoms with Gasteiger partial charge in [0.05, 0.1) is 10.9 Å². The zero-order chi connectivity index (χ0) is 19.6. The van der Waals surface area contributed by atoms with E-state index in [1.54, 1.807) is 41.4 Å². The van der Waals surface area contributed by atoms with Gasteiger partial charge < -0.3 is 10.1 Å². The Morgan fingerprint density at radius 2 is 1.96 bits per heavy atom. The topological polar surface area (TPSA) is 101 Å². The average molecular weight is 390 g/mol. The van der Waals surface area contributed by atoms with Crippen molar-refractivity contribution < 1.29 is 17.9 Å². The number of nitrogens with zero attached hydrogens (tertiary/aromatic N) is 3. The molecule has 1 saturated heterocycles. The highest BCUT2D eigenvalue weighted by Gasteiger charge is 2.37. The van der Waals surface area contributed by atoms with Gasteiger partial charge in [-0.05, 0) is 29.7 Å². The first-order chi connectivity index (χ1) is 12.8. The molecule has 2 heterocycles. The standard InChI is InChI=1S/C18H22N4O4S/c1-12(2)15-11-26-18(23)22(15)16-8-9-19-17(21-16)20-10-13-4-6-14(7-5-13)27(3,24)25/h4-9,12,15H,10-11H2,1-3H3,(H,19,20,21)/t15-/m1/s1. The van der Waals surface area contributed by atoms with Crippen molar-refractivity contribution in [3.8, 4) is 0 Å². The molecule has 1 atom stereocenters. The number of hydrogen-bond donors (Lipinski definition) is 1. The number of benzene rings is 1. The van der Waals surface area contributed by atoms with Crippen molar-refractivity contribution in [1.29, 1.82) is 0 Å². The summed E-state index contributed by atoms with van der Waals surface area (Å²) in [7, 11) is -3.21. The molecule has 1 amide bonds. The smallest absolute Gasteiger partial charge is 0.415 e. The quantitative estimate of drug-likeness (QED) is 0.808. The average Bonchev–Trinajstić information content (AvgIpc) is 3.02. The number of amides is 1. The highest BCUT2D eigenvalue weighted by atomic mass is 32.2. The molecule has 0 spiro atoms. The van der Waals surface area contributed by atoms with Gasteiger partial charge in [-0.15, -0.1) is 0 Å². The molecular formula is C18H22N4O4S. The molecule has 1 fully saturated rings. The van der Waals surface area contributed by atoms with Crippen molar-refractivity contribution in [3.63, 3.8) is 0 Å². The number of aromatic nitrogens is 2. The number of anilines is 2. The van der Waals surface area contributed by atoms with Crippen LogP contribution in [0.15, 0.2) is 41.4 Å². The second kappa shape index (κ2) is 7.51. The molecule has 0 bridgehead atoms. The number of ether oxygens (including phenoxy) is 1. The van der Waals surface area contributed by atoms with Crippen molar-refractivity contribution in [1.82, 2.24) is 9.97 Å². The van der Waals surface area contributed by atoms with Crippen LogP contribution in [0.25, 0.3) is 0 Å². The van der Waals surface area contributed by atoms with Gasteiger partial charge in [0.25, 0.3) is 0 Å². The summed E-state index contributed by atoms with van der Waals surface area (Å²) in [4.78, 5) is 22.5. The largest absolute Gasteiger partial charge is 0.447 e. The minimum absolute atomic E-state index is 0.0659. The van der Waals surface area contributed by atoms with Crippen LogP contribution in [0.1, 0.15) is 19.4 Å². The fraction of sp³-hybridized carbons (Fsp3) is 0.389. The Kier molecular flexibility index (Phi) is 5.31. The zero-order valence-corrected chi connectivity index (χ0v) is 16.2. The molecule has 0 aliphatic carbocycles. The Balaban J connectivity index is 1.72. The van der Waals surface area contributed by atoms with Crippen molar-refractivity contribution in [2.45, 2.75) is 31.3 Å². The fourth-order valence-electron chi connectivity index (χ4n) is 2.79. The summed E-state index contributed by atoms with van der Waals surface area (Å²) in [5.41, 5.74) is 0.886. The van der Waals surface area contributed by atoms with E-state index >= 15 is 0 Å². The van der Waals surface area contributed by atoms with Crippen molar-refractivity contribution in [2.75, 3.05) is 23.1 Å². The molecule has 0 unspecified atom stereocenters. The first-order valence-corrected chi connectivity index (χ1v) is 10.5. The summed E-state index contributed by atoms with van der Waals surface area (Å²) < 4.78 is 28.2. The van der Waals surface area contributed by atoms with Gasteiger partial charge in [-0.25, -0.2) is 18.2 Å². The van der Waals surface area contributed by atoms with Crippen molar-refractivity contribution >= 4 is 27.7 Å². The molecule has 1 N–H and O–H groups in total. The predicted octanol–water partition coefficient (Wildman–Crippen LogP) is 2.47. The maximum Gasteiger partial charge on any atom is 0.415 e. The molecule has 8 nitrogen and oxygen atoms in total. The van der Waals surface area contributed by atoms with Gasteiger partial charge in [-0.1, -0.05) is 26.0 Å². The molecule has 1 aliphatic heterocycles. The molecule has 0 saturated carbocycles. The van der Waals surface area contributed by atoms with Crippen LogP contribution in [-0.2, 0) is 21.1 Å². The predicted molar refractivity (Wildman–Crippen MR) is 101 cm³/mol. The third-order valence-electron chi connectivity index (χ3n) is 4.37. The van der Waals surface area contributed by atoms with Crippen LogP contribution in [0, 0.1) is 5.92 Å². The Bertz CT molecular complexity index is 929. The second-order valence-corrected chi connectivity index (χ2v) is 8.78. The Morgan fingerprint density at radius 3 is 2.59 bits per heavy atom. The summed E-state index contributed by atoms with van der Waals surface area (Å²) >= 11 is 0. The Hall–Kier alpha value is -2.68. The highest BCUT2D eigenvalue weighted by Crippen LogP contribution is 2.25. The van der Waals surface area contributed by atoms with Gasteiger partial charge in [0, 0.05) is 19.0 Å². The van der Waals surface area contributed by atoms with Crippen LogP contribution in [0.3, 0.4) is 0 Å². The van der Waals surface area contributed by atoms with E-state index in [9.17, 15) is 13.2 Å². The maximum absolute atomic E-state index is 12.1. The first kappa shape index (κ1) is 19.1. The molecule has 0 radical (unpaired) electrons.